The Morgan fingerprint density at radius 1 is 1.50 bits per heavy atom. The molecule has 1 amide bonds. The number of ether oxygens (including phenoxy) is 1. The highest BCUT2D eigenvalue weighted by molar-refractivity contribution is 5.76. The second-order valence-corrected chi connectivity index (χ2v) is 4.24. The minimum Gasteiger partial charge on any atom is -0.389 e. The smallest absolute Gasteiger partial charge is 0.223 e. The molecular formula is C11H24N2O3. The largest absolute Gasteiger partial charge is 0.389 e. The summed E-state index contributed by atoms with van der Waals surface area (Å²) in [6.07, 6.45) is -0.161. The lowest BCUT2D eigenvalue weighted by atomic mass is 10.3. The van der Waals surface area contributed by atoms with E-state index in [-0.39, 0.29) is 12.5 Å². The summed E-state index contributed by atoms with van der Waals surface area (Å²) in [6, 6.07) is 0.386. The fourth-order valence-corrected chi connectivity index (χ4v) is 1.32. The van der Waals surface area contributed by atoms with Crippen LogP contribution in [-0.4, -0.2) is 61.9 Å². The first-order valence-electron chi connectivity index (χ1n) is 5.61. The van der Waals surface area contributed by atoms with Crippen LogP contribution < -0.4 is 5.32 Å². The number of carbonyl (C=O) groups excluding carboxylic acids is 1. The zero-order chi connectivity index (χ0) is 12.6. The molecule has 5 heteroatoms. The number of hydrogen-bond acceptors (Lipinski definition) is 4. The Kier molecular flexibility index (Phi) is 8.15. The van der Waals surface area contributed by atoms with Crippen LogP contribution in [0.2, 0.25) is 0 Å². The van der Waals surface area contributed by atoms with Crippen LogP contribution in [0.25, 0.3) is 0 Å². The van der Waals surface area contributed by atoms with Crippen molar-refractivity contribution < 1.29 is 14.6 Å². The van der Waals surface area contributed by atoms with Crippen molar-refractivity contribution in [2.75, 3.05) is 33.9 Å². The molecule has 0 heterocycles. The lowest BCUT2D eigenvalue weighted by molar-refractivity contribution is -0.131. The van der Waals surface area contributed by atoms with E-state index in [0.29, 0.717) is 25.6 Å². The molecule has 0 radical (unpaired) electrons. The third-order valence-corrected chi connectivity index (χ3v) is 2.16. The average Bonchev–Trinajstić information content (AvgIpc) is 2.17. The predicted molar refractivity (Wildman–Crippen MR) is 63.3 cm³/mol. The van der Waals surface area contributed by atoms with Gasteiger partial charge in [0.15, 0.2) is 0 Å². The summed E-state index contributed by atoms with van der Waals surface area (Å²) >= 11 is 0. The number of aliphatic hydroxyl groups is 1. The highest BCUT2D eigenvalue weighted by Crippen LogP contribution is 1.94. The van der Waals surface area contributed by atoms with Gasteiger partial charge in [-0.2, -0.15) is 0 Å². The Morgan fingerprint density at radius 2 is 2.12 bits per heavy atom. The lowest BCUT2D eigenvalue weighted by Crippen LogP contribution is -2.38. The molecule has 0 aliphatic carbocycles. The van der Waals surface area contributed by atoms with Crippen LogP contribution in [0.1, 0.15) is 20.3 Å². The summed E-state index contributed by atoms with van der Waals surface area (Å²) < 4.78 is 4.80. The summed E-state index contributed by atoms with van der Waals surface area (Å²) in [4.78, 5) is 13.1. The highest BCUT2D eigenvalue weighted by Gasteiger charge is 2.13. The second-order valence-electron chi connectivity index (χ2n) is 4.24. The Morgan fingerprint density at radius 3 is 2.62 bits per heavy atom. The predicted octanol–water partition coefficient (Wildman–Crippen LogP) is -0.160. The Bertz CT molecular complexity index is 198. The van der Waals surface area contributed by atoms with Gasteiger partial charge in [0.05, 0.1) is 12.7 Å². The molecule has 0 aromatic rings. The van der Waals surface area contributed by atoms with Gasteiger partial charge in [-0.15, -0.1) is 0 Å². The van der Waals surface area contributed by atoms with E-state index in [4.69, 9.17) is 4.74 Å². The van der Waals surface area contributed by atoms with Gasteiger partial charge in [-0.05, 0) is 0 Å². The zero-order valence-corrected chi connectivity index (χ0v) is 10.7. The van der Waals surface area contributed by atoms with E-state index in [0.717, 1.165) is 0 Å². The van der Waals surface area contributed by atoms with Crippen LogP contribution in [0.3, 0.4) is 0 Å². The molecule has 0 bridgehead atoms. The molecule has 0 rings (SSSR count). The lowest BCUT2D eigenvalue weighted by Gasteiger charge is -2.20. The van der Waals surface area contributed by atoms with Crippen molar-refractivity contribution in [1.82, 2.24) is 10.2 Å². The quantitative estimate of drug-likeness (QED) is 0.610. The van der Waals surface area contributed by atoms with Gasteiger partial charge in [-0.1, -0.05) is 13.8 Å². The van der Waals surface area contributed by atoms with E-state index in [1.165, 1.54) is 12.0 Å². The van der Waals surface area contributed by atoms with Gasteiger partial charge >= 0.3 is 0 Å². The first-order valence-corrected chi connectivity index (χ1v) is 5.61. The molecule has 0 spiro atoms. The van der Waals surface area contributed by atoms with Crippen molar-refractivity contribution in [3.05, 3.63) is 0 Å². The number of carbonyl (C=O) groups is 1. The van der Waals surface area contributed by atoms with E-state index in [1.54, 1.807) is 7.05 Å². The molecular weight excluding hydrogens is 208 g/mol. The number of nitrogens with zero attached hydrogens (tertiary/aromatic N) is 1. The third kappa shape index (κ3) is 7.62. The number of methoxy groups -OCH3 is 1. The second kappa shape index (κ2) is 8.50. The summed E-state index contributed by atoms with van der Waals surface area (Å²) in [5.41, 5.74) is 0. The van der Waals surface area contributed by atoms with Gasteiger partial charge in [0, 0.05) is 39.7 Å². The van der Waals surface area contributed by atoms with Crippen LogP contribution >= 0.6 is 0 Å². The van der Waals surface area contributed by atoms with Gasteiger partial charge in [0.2, 0.25) is 5.91 Å². The summed E-state index contributed by atoms with van der Waals surface area (Å²) in [6.45, 7) is 5.31. The van der Waals surface area contributed by atoms with Crippen LogP contribution in [0.5, 0.6) is 0 Å². The van der Waals surface area contributed by atoms with Crippen molar-refractivity contribution in [3.63, 3.8) is 0 Å². The van der Waals surface area contributed by atoms with Gasteiger partial charge in [0.25, 0.3) is 0 Å². The molecule has 1 unspecified atom stereocenters. The Balaban J connectivity index is 3.72. The Labute approximate surface area is 97.8 Å². The van der Waals surface area contributed by atoms with Gasteiger partial charge in [-0.25, -0.2) is 0 Å². The van der Waals surface area contributed by atoms with Crippen LogP contribution in [0.4, 0.5) is 0 Å². The van der Waals surface area contributed by atoms with Crippen molar-refractivity contribution in [2.24, 2.45) is 0 Å². The molecule has 1 atom stereocenters. The Hall–Kier alpha value is -0.650. The van der Waals surface area contributed by atoms with Gasteiger partial charge in [-0.3, -0.25) is 4.79 Å². The molecule has 0 aliphatic rings. The van der Waals surface area contributed by atoms with E-state index < -0.39 is 6.10 Å². The monoisotopic (exact) mass is 232 g/mol. The maximum Gasteiger partial charge on any atom is 0.223 e. The van der Waals surface area contributed by atoms with E-state index in [9.17, 15) is 9.90 Å². The molecule has 0 saturated heterocycles. The maximum atomic E-state index is 11.6. The van der Waals surface area contributed by atoms with Crippen LogP contribution in [0, 0.1) is 0 Å². The topological polar surface area (TPSA) is 61.8 Å². The highest BCUT2D eigenvalue weighted by atomic mass is 16.5. The number of nitrogens with one attached hydrogen (secondary N) is 1. The van der Waals surface area contributed by atoms with Crippen molar-refractivity contribution in [1.29, 1.82) is 0 Å². The molecule has 2 N–H and O–H groups in total. The molecule has 0 saturated carbocycles. The summed E-state index contributed by atoms with van der Waals surface area (Å²) in [7, 11) is 3.22. The van der Waals surface area contributed by atoms with Crippen LogP contribution in [0.15, 0.2) is 0 Å². The number of likely N-dealkylation sites (N-methyl/N-ethyl adjacent to an activating group) is 1. The van der Waals surface area contributed by atoms with Crippen molar-refractivity contribution in [2.45, 2.75) is 32.4 Å². The number of hydrogen-bond donors (Lipinski definition) is 2. The fraction of sp³-hybridized carbons (Fsp3) is 0.909. The first-order chi connectivity index (χ1) is 7.47. The third-order valence-electron chi connectivity index (χ3n) is 2.16. The zero-order valence-electron chi connectivity index (χ0n) is 10.7. The van der Waals surface area contributed by atoms with Crippen molar-refractivity contribution in [3.8, 4) is 0 Å². The standard InChI is InChI=1S/C11H24N2O3/c1-9(2)12-6-5-11(15)13(3)7-10(14)8-16-4/h9-10,12,14H,5-8H2,1-4H3. The minimum atomic E-state index is -0.614. The van der Waals surface area contributed by atoms with E-state index in [1.807, 2.05) is 13.8 Å². The minimum absolute atomic E-state index is 0.0308. The molecule has 5 nitrogen and oxygen atoms in total. The maximum absolute atomic E-state index is 11.6. The first kappa shape index (κ1) is 15.3. The fourth-order valence-electron chi connectivity index (χ4n) is 1.32. The number of rotatable bonds is 8. The molecule has 0 aromatic heterocycles. The summed E-state index contributed by atoms with van der Waals surface area (Å²) in [5, 5.41) is 12.6. The molecule has 0 aliphatic heterocycles. The molecule has 16 heavy (non-hydrogen) atoms. The SMILES string of the molecule is COCC(O)CN(C)C(=O)CCNC(C)C. The van der Waals surface area contributed by atoms with Gasteiger partial charge < -0.3 is 20.1 Å². The van der Waals surface area contributed by atoms with Gasteiger partial charge in [0.1, 0.15) is 0 Å². The molecule has 0 fully saturated rings. The average molecular weight is 232 g/mol. The normalized spacial score (nSPS) is 12.9. The molecule has 96 valence electrons. The summed E-state index contributed by atoms with van der Waals surface area (Å²) in [5.74, 6) is 0.0308. The van der Waals surface area contributed by atoms with Crippen molar-refractivity contribution >= 4 is 5.91 Å². The van der Waals surface area contributed by atoms with E-state index in [2.05, 4.69) is 5.32 Å². The van der Waals surface area contributed by atoms with E-state index >= 15 is 0 Å². The van der Waals surface area contributed by atoms with Crippen LogP contribution in [-0.2, 0) is 9.53 Å². The number of amides is 1. The molecule has 0 aromatic carbocycles. The number of aliphatic hydroxyl groups excluding tert-OH is 1.